The zero-order valence-electron chi connectivity index (χ0n) is 16.9. The van der Waals surface area contributed by atoms with E-state index in [9.17, 15) is 0 Å². The van der Waals surface area contributed by atoms with Crippen LogP contribution < -0.4 is 10.6 Å². The van der Waals surface area contributed by atoms with Crippen LogP contribution in [0.1, 0.15) is 37.8 Å². The van der Waals surface area contributed by atoms with E-state index in [4.69, 9.17) is 10.00 Å². The molecule has 0 spiro atoms. The Morgan fingerprint density at radius 2 is 1.85 bits per heavy atom. The van der Waals surface area contributed by atoms with Crippen molar-refractivity contribution in [2.24, 2.45) is 10.9 Å². The molecular formula is C21H33N5O. The molecule has 6 heteroatoms. The van der Waals surface area contributed by atoms with Gasteiger partial charge in [-0.3, -0.25) is 9.89 Å². The van der Waals surface area contributed by atoms with Crippen molar-refractivity contribution in [2.45, 2.75) is 39.3 Å². The highest BCUT2D eigenvalue weighted by Gasteiger charge is 2.26. The number of ether oxygens (including phenoxy) is 1. The van der Waals surface area contributed by atoms with E-state index in [1.807, 2.05) is 24.3 Å². The number of nitrogens with zero attached hydrogens (tertiary/aromatic N) is 3. The summed E-state index contributed by atoms with van der Waals surface area (Å²) >= 11 is 0. The Morgan fingerprint density at radius 3 is 2.41 bits per heavy atom. The number of benzene rings is 1. The van der Waals surface area contributed by atoms with E-state index < -0.39 is 0 Å². The zero-order valence-corrected chi connectivity index (χ0v) is 16.9. The third-order valence-electron chi connectivity index (χ3n) is 5.35. The number of nitriles is 1. The van der Waals surface area contributed by atoms with Crippen LogP contribution in [0.2, 0.25) is 0 Å². The van der Waals surface area contributed by atoms with Crippen LogP contribution in [0.15, 0.2) is 29.3 Å². The van der Waals surface area contributed by atoms with Crippen molar-refractivity contribution in [1.29, 1.82) is 5.26 Å². The molecule has 6 nitrogen and oxygen atoms in total. The number of aliphatic imine (C=N–C) groups is 1. The average molecular weight is 372 g/mol. The fourth-order valence-corrected chi connectivity index (χ4v) is 3.64. The predicted molar refractivity (Wildman–Crippen MR) is 110 cm³/mol. The lowest BCUT2D eigenvalue weighted by Gasteiger charge is -2.39. The highest BCUT2D eigenvalue weighted by Crippen LogP contribution is 2.19. The summed E-state index contributed by atoms with van der Waals surface area (Å²) in [6.45, 7) is 9.75. The van der Waals surface area contributed by atoms with E-state index in [-0.39, 0.29) is 0 Å². The summed E-state index contributed by atoms with van der Waals surface area (Å²) in [5, 5.41) is 15.8. The molecule has 2 N–H and O–H groups in total. The zero-order chi connectivity index (χ0) is 19.5. The highest BCUT2D eigenvalue weighted by molar-refractivity contribution is 5.79. The first-order valence-electron chi connectivity index (χ1n) is 9.97. The number of guanidine groups is 1. The third-order valence-corrected chi connectivity index (χ3v) is 5.35. The van der Waals surface area contributed by atoms with Crippen molar-refractivity contribution in [1.82, 2.24) is 15.5 Å². The van der Waals surface area contributed by atoms with Crippen LogP contribution in [0.25, 0.3) is 0 Å². The summed E-state index contributed by atoms with van der Waals surface area (Å²) < 4.78 is 5.53. The van der Waals surface area contributed by atoms with Gasteiger partial charge in [-0.2, -0.15) is 5.26 Å². The SMILES string of the molecule is CCC(CC)C(CNC(=NC)NCc1ccc(C#N)cc1)N1CCOCC1. The molecule has 0 amide bonds. The topological polar surface area (TPSA) is 72.7 Å². The van der Waals surface area contributed by atoms with Crippen LogP contribution in [0.4, 0.5) is 0 Å². The summed E-state index contributed by atoms with van der Waals surface area (Å²) in [5.74, 6) is 1.47. The number of nitrogens with one attached hydrogen (secondary N) is 2. The van der Waals surface area contributed by atoms with E-state index in [1.54, 1.807) is 7.05 Å². The van der Waals surface area contributed by atoms with Crippen molar-refractivity contribution in [2.75, 3.05) is 39.9 Å². The van der Waals surface area contributed by atoms with Crippen molar-refractivity contribution < 1.29 is 4.74 Å². The van der Waals surface area contributed by atoms with Crippen LogP contribution in [-0.4, -0.2) is 56.8 Å². The van der Waals surface area contributed by atoms with Crippen LogP contribution in [0.3, 0.4) is 0 Å². The standard InChI is InChI=1S/C21H33N5O/c1-4-19(5-2)20(26-10-12-27-13-11-26)16-25-21(23-3)24-15-18-8-6-17(14-22)7-9-18/h6-9,19-20H,4-5,10-13,15-16H2,1-3H3,(H2,23,24,25). The van der Waals surface area contributed by atoms with Gasteiger partial charge in [-0.15, -0.1) is 0 Å². The monoisotopic (exact) mass is 371 g/mol. The fraction of sp³-hybridized carbons (Fsp3) is 0.619. The Balaban J connectivity index is 1.91. The highest BCUT2D eigenvalue weighted by atomic mass is 16.5. The Labute approximate surface area is 163 Å². The van der Waals surface area contributed by atoms with Crippen molar-refractivity contribution >= 4 is 5.96 Å². The first-order chi connectivity index (χ1) is 13.2. The molecule has 27 heavy (non-hydrogen) atoms. The molecular weight excluding hydrogens is 338 g/mol. The van der Waals surface area contributed by atoms with Crippen LogP contribution in [0, 0.1) is 17.2 Å². The van der Waals surface area contributed by atoms with Crippen molar-refractivity contribution in [3.8, 4) is 6.07 Å². The summed E-state index contributed by atoms with van der Waals surface area (Å²) in [4.78, 5) is 6.92. The first kappa shape index (κ1) is 21.2. The van der Waals surface area contributed by atoms with Gasteiger partial charge in [-0.05, 0) is 23.6 Å². The third kappa shape index (κ3) is 6.53. The Bertz CT molecular complexity index is 612. The predicted octanol–water partition coefficient (Wildman–Crippen LogP) is 2.36. The van der Waals surface area contributed by atoms with Gasteiger partial charge in [0.15, 0.2) is 5.96 Å². The number of hydrogen-bond donors (Lipinski definition) is 2. The Morgan fingerprint density at radius 1 is 1.19 bits per heavy atom. The maximum Gasteiger partial charge on any atom is 0.191 e. The largest absolute Gasteiger partial charge is 0.379 e. The van der Waals surface area contributed by atoms with Crippen LogP contribution in [0.5, 0.6) is 0 Å². The molecule has 1 unspecified atom stereocenters. The van der Waals surface area contributed by atoms with Gasteiger partial charge in [-0.1, -0.05) is 38.8 Å². The molecule has 1 aromatic carbocycles. The lowest BCUT2D eigenvalue weighted by molar-refractivity contribution is 0.00272. The normalized spacial score (nSPS) is 16.8. The van der Waals surface area contributed by atoms with Gasteiger partial charge in [0.1, 0.15) is 0 Å². The summed E-state index contributed by atoms with van der Waals surface area (Å²) in [7, 11) is 1.80. The molecule has 0 saturated carbocycles. The molecule has 1 fully saturated rings. The first-order valence-corrected chi connectivity index (χ1v) is 9.97. The lowest BCUT2D eigenvalue weighted by atomic mass is 9.92. The van der Waals surface area contributed by atoms with Gasteiger partial charge < -0.3 is 15.4 Å². The molecule has 1 aliphatic heterocycles. The summed E-state index contributed by atoms with van der Waals surface area (Å²) in [6, 6.07) is 10.3. The van der Waals surface area contributed by atoms with Gasteiger partial charge in [0.2, 0.25) is 0 Å². The van der Waals surface area contributed by atoms with Crippen molar-refractivity contribution in [3.05, 3.63) is 35.4 Å². The fourth-order valence-electron chi connectivity index (χ4n) is 3.64. The molecule has 1 heterocycles. The maximum absolute atomic E-state index is 8.89. The Hall–Kier alpha value is -2.10. The number of morpholine rings is 1. The second-order valence-corrected chi connectivity index (χ2v) is 6.91. The van der Waals surface area contributed by atoms with E-state index in [1.165, 1.54) is 12.8 Å². The lowest BCUT2D eigenvalue weighted by Crippen LogP contribution is -2.53. The molecule has 1 atom stereocenters. The second-order valence-electron chi connectivity index (χ2n) is 6.91. The molecule has 0 aromatic heterocycles. The molecule has 0 radical (unpaired) electrons. The Kier molecular flexibility index (Phi) is 9.09. The second kappa shape index (κ2) is 11.6. The molecule has 1 aromatic rings. The summed E-state index contributed by atoms with van der Waals surface area (Å²) in [5.41, 5.74) is 1.81. The van der Waals surface area contributed by atoms with Gasteiger partial charge in [0, 0.05) is 39.3 Å². The smallest absolute Gasteiger partial charge is 0.191 e. The van der Waals surface area contributed by atoms with Gasteiger partial charge in [0.25, 0.3) is 0 Å². The van der Waals surface area contributed by atoms with Gasteiger partial charge in [-0.25, -0.2) is 0 Å². The minimum absolute atomic E-state index is 0.484. The molecule has 2 rings (SSSR count). The van der Waals surface area contributed by atoms with Gasteiger partial charge >= 0.3 is 0 Å². The van der Waals surface area contributed by atoms with E-state index in [0.29, 0.717) is 24.1 Å². The molecule has 1 aliphatic rings. The number of rotatable bonds is 8. The van der Waals surface area contributed by atoms with Gasteiger partial charge in [0.05, 0.1) is 24.8 Å². The minimum atomic E-state index is 0.484. The van der Waals surface area contributed by atoms with E-state index >= 15 is 0 Å². The minimum Gasteiger partial charge on any atom is -0.379 e. The maximum atomic E-state index is 8.89. The average Bonchev–Trinajstić information content (AvgIpc) is 2.74. The van der Waals surface area contributed by atoms with E-state index in [2.05, 4.69) is 40.4 Å². The summed E-state index contributed by atoms with van der Waals surface area (Å²) in [6.07, 6.45) is 2.36. The van der Waals surface area contributed by atoms with Crippen LogP contribution in [-0.2, 0) is 11.3 Å². The quantitative estimate of drug-likeness (QED) is 0.542. The van der Waals surface area contributed by atoms with Crippen molar-refractivity contribution in [3.63, 3.8) is 0 Å². The molecule has 0 aliphatic carbocycles. The molecule has 1 saturated heterocycles. The van der Waals surface area contributed by atoms with Crippen LogP contribution >= 0.6 is 0 Å². The van der Waals surface area contributed by atoms with E-state index in [0.717, 1.165) is 44.4 Å². The number of hydrogen-bond acceptors (Lipinski definition) is 4. The molecule has 148 valence electrons. The molecule has 0 bridgehead atoms.